The van der Waals surface area contributed by atoms with Crippen molar-refractivity contribution >= 4 is 17.3 Å². The number of hydrogen-bond acceptors (Lipinski definition) is 4. The van der Waals surface area contributed by atoms with Gasteiger partial charge in [-0.25, -0.2) is 4.98 Å². The van der Waals surface area contributed by atoms with Crippen LogP contribution in [0.15, 0.2) is 12.1 Å². The molecule has 0 spiro atoms. The van der Waals surface area contributed by atoms with Crippen LogP contribution in [0.5, 0.6) is 0 Å². The van der Waals surface area contributed by atoms with Crippen LogP contribution < -0.4 is 4.90 Å². The van der Waals surface area contributed by atoms with Gasteiger partial charge in [0.2, 0.25) is 0 Å². The largest absolute Gasteiger partial charge is 0.393 e. The first-order valence-electron chi connectivity index (χ1n) is 6.29. The summed E-state index contributed by atoms with van der Waals surface area (Å²) >= 11 is 5.97. The van der Waals surface area contributed by atoms with E-state index in [4.69, 9.17) is 11.6 Å². The molecule has 0 radical (unpaired) electrons. The minimum absolute atomic E-state index is 0.154. The van der Waals surface area contributed by atoms with E-state index in [9.17, 15) is 5.11 Å². The van der Waals surface area contributed by atoms with Crippen molar-refractivity contribution in [1.82, 2.24) is 9.88 Å². The second-order valence-electron chi connectivity index (χ2n) is 5.06. The Kier molecular flexibility index (Phi) is 4.43. The number of anilines is 1. The summed E-state index contributed by atoms with van der Waals surface area (Å²) in [6, 6.07) is 3.87. The number of rotatable bonds is 3. The maximum atomic E-state index is 9.56. The summed E-state index contributed by atoms with van der Waals surface area (Å²) in [6.45, 7) is 2.53. The average molecular weight is 270 g/mol. The maximum absolute atomic E-state index is 9.56. The Balaban J connectivity index is 2.20. The van der Waals surface area contributed by atoms with Crippen molar-refractivity contribution in [2.24, 2.45) is 0 Å². The standard InChI is InChI=1S/C13H20ClN3O/c1-16(2)9-11-12(3-4-13(14)15-11)17-7-5-10(18)6-8-17/h3-4,10,18H,5-9H2,1-2H3. The molecule has 100 valence electrons. The molecular weight excluding hydrogens is 250 g/mol. The van der Waals surface area contributed by atoms with Crippen LogP contribution in [0.25, 0.3) is 0 Å². The molecule has 1 aliphatic rings. The molecular formula is C13H20ClN3O. The summed E-state index contributed by atoms with van der Waals surface area (Å²) < 4.78 is 0. The topological polar surface area (TPSA) is 39.6 Å². The molecule has 2 heterocycles. The summed E-state index contributed by atoms with van der Waals surface area (Å²) in [6.07, 6.45) is 1.49. The fourth-order valence-corrected chi connectivity index (χ4v) is 2.44. The van der Waals surface area contributed by atoms with Gasteiger partial charge in [-0.3, -0.25) is 0 Å². The lowest BCUT2D eigenvalue weighted by Gasteiger charge is -2.32. The summed E-state index contributed by atoms with van der Waals surface area (Å²) in [4.78, 5) is 8.80. The van der Waals surface area contributed by atoms with Crippen LogP contribution in [0.3, 0.4) is 0 Å². The molecule has 1 aromatic rings. The highest BCUT2D eigenvalue weighted by Gasteiger charge is 2.20. The molecule has 4 nitrogen and oxygen atoms in total. The molecule has 2 rings (SSSR count). The predicted octanol–water partition coefficient (Wildman–Crippen LogP) is 1.76. The number of aliphatic hydroxyl groups is 1. The lowest BCUT2D eigenvalue weighted by Crippen LogP contribution is -2.36. The highest BCUT2D eigenvalue weighted by molar-refractivity contribution is 6.29. The van der Waals surface area contributed by atoms with Crippen molar-refractivity contribution < 1.29 is 5.11 Å². The van der Waals surface area contributed by atoms with Gasteiger partial charge in [-0.05, 0) is 39.1 Å². The van der Waals surface area contributed by atoms with Crippen molar-refractivity contribution in [3.05, 3.63) is 23.0 Å². The third-order valence-corrected chi connectivity index (χ3v) is 3.40. The Hall–Kier alpha value is -0.840. The SMILES string of the molecule is CN(C)Cc1nc(Cl)ccc1N1CCC(O)CC1. The second-order valence-corrected chi connectivity index (χ2v) is 5.44. The maximum Gasteiger partial charge on any atom is 0.129 e. The van der Waals surface area contributed by atoms with Gasteiger partial charge in [-0.2, -0.15) is 0 Å². The Morgan fingerprint density at radius 1 is 1.39 bits per heavy atom. The van der Waals surface area contributed by atoms with Gasteiger partial charge >= 0.3 is 0 Å². The molecule has 18 heavy (non-hydrogen) atoms. The van der Waals surface area contributed by atoms with Gasteiger partial charge in [0.15, 0.2) is 0 Å². The molecule has 1 aliphatic heterocycles. The van der Waals surface area contributed by atoms with Gasteiger partial charge in [-0.15, -0.1) is 0 Å². The Labute approximate surface area is 113 Å². The van der Waals surface area contributed by atoms with Crippen molar-refractivity contribution in [3.63, 3.8) is 0 Å². The zero-order chi connectivity index (χ0) is 13.1. The summed E-state index contributed by atoms with van der Waals surface area (Å²) in [7, 11) is 4.04. The molecule has 1 N–H and O–H groups in total. The number of halogens is 1. The Morgan fingerprint density at radius 2 is 2.06 bits per heavy atom. The zero-order valence-corrected chi connectivity index (χ0v) is 11.7. The van der Waals surface area contributed by atoms with Crippen molar-refractivity contribution in [2.75, 3.05) is 32.1 Å². The van der Waals surface area contributed by atoms with Crippen molar-refractivity contribution in [1.29, 1.82) is 0 Å². The van der Waals surface area contributed by atoms with E-state index in [1.807, 2.05) is 26.2 Å². The van der Waals surface area contributed by atoms with Crippen molar-refractivity contribution in [3.8, 4) is 0 Å². The van der Waals surface area contributed by atoms with E-state index in [0.29, 0.717) is 5.15 Å². The van der Waals surface area contributed by atoms with E-state index in [0.717, 1.165) is 43.9 Å². The molecule has 0 bridgehead atoms. The van der Waals surface area contributed by atoms with Gasteiger partial charge in [-0.1, -0.05) is 11.6 Å². The first kappa shape index (κ1) is 13.6. The number of nitrogens with zero attached hydrogens (tertiary/aromatic N) is 3. The number of aromatic nitrogens is 1. The van der Waals surface area contributed by atoms with Gasteiger partial charge in [0.05, 0.1) is 17.5 Å². The zero-order valence-electron chi connectivity index (χ0n) is 10.9. The highest BCUT2D eigenvalue weighted by atomic mass is 35.5. The smallest absolute Gasteiger partial charge is 0.129 e. The van der Waals surface area contributed by atoms with E-state index < -0.39 is 0 Å². The Bertz CT molecular complexity index is 403. The average Bonchev–Trinajstić information content (AvgIpc) is 2.30. The molecule has 0 unspecified atom stereocenters. The van der Waals surface area contributed by atoms with Crippen LogP contribution in [0.2, 0.25) is 5.15 Å². The molecule has 0 aromatic carbocycles. The van der Waals surface area contributed by atoms with Crippen LogP contribution in [-0.2, 0) is 6.54 Å². The molecule has 5 heteroatoms. The van der Waals surface area contributed by atoms with Gasteiger partial charge < -0.3 is 14.9 Å². The third-order valence-electron chi connectivity index (χ3n) is 3.19. The Morgan fingerprint density at radius 3 is 2.67 bits per heavy atom. The van der Waals surface area contributed by atoms with Crippen LogP contribution in [0.1, 0.15) is 18.5 Å². The second kappa shape index (κ2) is 5.87. The van der Waals surface area contributed by atoms with Gasteiger partial charge in [0, 0.05) is 19.6 Å². The molecule has 0 atom stereocenters. The van der Waals surface area contributed by atoms with Gasteiger partial charge in [0.25, 0.3) is 0 Å². The molecule has 0 amide bonds. The van der Waals surface area contributed by atoms with E-state index in [1.54, 1.807) is 0 Å². The fraction of sp³-hybridized carbons (Fsp3) is 0.615. The summed E-state index contributed by atoms with van der Waals surface area (Å²) in [5, 5.41) is 10.1. The first-order valence-corrected chi connectivity index (χ1v) is 6.67. The minimum atomic E-state index is -0.154. The van der Waals surface area contributed by atoms with E-state index in [-0.39, 0.29) is 6.10 Å². The van der Waals surface area contributed by atoms with Crippen LogP contribution in [0, 0.1) is 0 Å². The molecule has 1 saturated heterocycles. The normalized spacial score (nSPS) is 17.5. The fourth-order valence-electron chi connectivity index (χ4n) is 2.28. The third kappa shape index (κ3) is 3.34. The van der Waals surface area contributed by atoms with Crippen LogP contribution >= 0.6 is 11.6 Å². The molecule has 1 aromatic heterocycles. The summed E-state index contributed by atoms with van der Waals surface area (Å²) in [5.74, 6) is 0. The quantitative estimate of drug-likeness (QED) is 0.849. The van der Waals surface area contributed by atoms with Crippen LogP contribution in [-0.4, -0.2) is 48.3 Å². The molecule has 0 aliphatic carbocycles. The predicted molar refractivity (Wildman–Crippen MR) is 74.1 cm³/mol. The number of pyridine rings is 1. The minimum Gasteiger partial charge on any atom is -0.393 e. The van der Waals surface area contributed by atoms with Gasteiger partial charge in [0.1, 0.15) is 5.15 Å². The van der Waals surface area contributed by atoms with E-state index in [1.165, 1.54) is 0 Å². The number of piperidine rings is 1. The van der Waals surface area contributed by atoms with E-state index >= 15 is 0 Å². The summed E-state index contributed by atoms with van der Waals surface area (Å²) in [5.41, 5.74) is 2.14. The molecule has 0 saturated carbocycles. The lowest BCUT2D eigenvalue weighted by molar-refractivity contribution is 0.145. The number of hydrogen-bond donors (Lipinski definition) is 1. The molecule has 1 fully saturated rings. The van der Waals surface area contributed by atoms with Crippen LogP contribution in [0.4, 0.5) is 5.69 Å². The highest BCUT2D eigenvalue weighted by Crippen LogP contribution is 2.25. The van der Waals surface area contributed by atoms with E-state index in [2.05, 4.69) is 14.8 Å². The number of aliphatic hydroxyl groups excluding tert-OH is 1. The lowest BCUT2D eigenvalue weighted by atomic mass is 10.1. The monoisotopic (exact) mass is 269 g/mol. The first-order chi connectivity index (χ1) is 8.56. The van der Waals surface area contributed by atoms with Crippen molar-refractivity contribution in [2.45, 2.75) is 25.5 Å².